The Kier molecular flexibility index (Phi) is 4.39. The molecule has 6 rings (SSSR count). The number of aromatic nitrogens is 4. The van der Waals surface area contributed by atoms with Gasteiger partial charge in [0.05, 0.1) is 7.11 Å². The molecular weight excluding hydrogens is 410 g/mol. The molecule has 0 radical (unpaired) electrons. The lowest BCUT2D eigenvalue weighted by Crippen LogP contribution is -2.37. The highest BCUT2D eigenvalue weighted by atomic mass is 16.5. The van der Waals surface area contributed by atoms with Gasteiger partial charge in [-0.15, -0.1) is 0 Å². The predicted octanol–water partition coefficient (Wildman–Crippen LogP) is 1.94. The van der Waals surface area contributed by atoms with Crippen LogP contribution in [0, 0.1) is 5.92 Å². The van der Waals surface area contributed by atoms with Gasteiger partial charge < -0.3 is 19.5 Å². The average Bonchev–Trinajstić information content (AvgIpc) is 3.40. The molecule has 4 heterocycles. The van der Waals surface area contributed by atoms with Gasteiger partial charge in [-0.1, -0.05) is 12.1 Å². The third-order valence-corrected chi connectivity index (χ3v) is 7.00. The Morgan fingerprint density at radius 1 is 1.25 bits per heavy atom. The van der Waals surface area contributed by atoms with Crippen molar-refractivity contribution >= 4 is 22.3 Å². The molecule has 9 heteroatoms. The molecule has 2 aliphatic rings. The zero-order valence-electron chi connectivity index (χ0n) is 17.6. The molecule has 1 aliphatic heterocycles. The molecule has 1 aromatic carbocycles. The number of nitrogens with zero attached hydrogens (tertiary/aromatic N) is 3. The number of hydrogen-bond acceptors (Lipinski definition) is 7. The number of methoxy groups -OCH3 is 1. The second-order valence-electron chi connectivity index (χ2n) is 8.56. The zero-order valence-corrected chi connectivity index (χ0v) is 17.6. The molecule has 1 fully saturated rings. The van der Waals surface area contributed by atoms with E-state index in [-0.39, 0.29) is 17.3 Å². The van der Waals surface area contributed by atoms with E-state index in [0.29, 0.717) is 35.8 Å². The zero-order chi connectivity index (χ0) is 21.8. The van der Waals surface area contributed by atoms with Crippen molar-refractivity contribution in [3.63, 3.8) is 0 Å². The summed E-state index contributed by atoms with van der Waals surface area (Å²) in [6.45, 7) is 1.24. The van der Waals surface area contributed by atoms with E-state index in [1.807, 2.05) is 12.1 Å². The summed E-state index contributed by atoms with van der Waals surface area (Å²) >= 11 is 0. The van der Waals surface area contributed by atoms with E-state index in [9.17, 15) is 9.59 Å². The molecule has 9 nitrogen and oxygen atoms in total. The van der Waals surface area contributed by atoms with Gasteiger partial charge in [0.1, 0.15) is 11.3 Å². The van der Waals surface area contributed by atoms with Gasteiger partial charge in [-0.2, -0.15) is 0 Å². The monoisotopic (exact) mass is 433 g/mol. The first-order chi connectivity index (χ1) is 15.7. The first-order valence-corrected chi connectivity index (χ1v) is 10.9. The van der Waals surface area contributed by atoms with Crippen LogP contribution in [0.3, 0.4) is 0 Å². The summed E-state index contributed by atoms with van der Waals surface area (Å²) in [6, 6.07) is 6.42. The topological polar surface area (TPSA) is 115 Å². The van der Waals surface area contributed by atoms with Crippen molar-refractivity contribution < 1.29 is 9.15 Å². The lowest BCUT2D eigenvalue weighted by molar-refractivity contribution is 0.370. The Bertz CT molecular complexity index is 1450. The smallest absolute Gasteiger partial charge is 0.329 e. The lowest BCUT2D eigenvalue weighted by atomic mass is 9.73. The van der Waals surface area contributed by atoms with Crippen LogP contribution in [0.2, 0.25) is 0 Å². The van der Waals surface area contributed by atoms with Crippen LogP contribution in [0.5, 0.6) is 5.75 Å². The summed E-state index contributed by atoms with van der Waals surface area (Å²) < 4.78 is 12.4. The first kappa shape index (κ1) is 19.2. The molecule has 0 saturated carbocycles. The Hall–Kier alpha value is -3.46. The van der Waals surface area contributed by atoms with E-state index < -0.39 is 11.2 Å². The molecule has 32 heavy (non-hydrogen) atoms. The second-order valence-corrected chi connectivity index (χ2v) is 8.56. The molecule has 1 saturated heterocycles. The van der Waals surface area contributed by atoms with Crippen LogP contribution in [-0.2, 0) is 13.0 Å². The van der Waals surface area contributed by atoms with Crippen LogP contribution in [0.1, 0.15) is 29.9 Å². The summed E-state index contributed by atoms with van der Waals surface area (Å²) in [4.78, 5) is 36.8. The Morgan fingerprint density at radius 3 is 3.00 bits per heavy atom. The normalized spacial score (nSPS) is 22.2. The summed E-state index contributed by atoms with van der Waals surface area (Å²) in [5.74, 6) is 1.83. The van der Waals surface area contributed by atoms with Gasteiger partial charge in [-0.25, -0.2) is 14.8 Å². The third kappa shape index (κ3) is 2.81. The maximum Gasteiger partial charge on any atom is 0.329 e. The Morgan fingerprint density at radius 2 is 2.12 bits per heavy atom. The van der Waals surface area contributed by atoms with Crippen molar-refractivity contribution in [3.8, 4) is 5.75 Å². The van der Waals surface area contributed by atoms with Crippen molar-refractivity contribution in [2.75, 3.05) is 13.7 Å². The summed E-state index contributed by atoms with van der Waals surface area (Å²) in [7, 11) is 1.71. The van der Waals surface area contributed by atoms with Crippen molar-refractivity contribution in [3.05, 3.63) is 62.6 Å². The number of benzene rings is 1. The largest absolute Gasteiger partial charge is 0.496 e. The number of nitrogens with one attached hydrogen (secondary N) is 2. The number of aromatic amines is 1. The van der Waals surface area contributed by atoms with Gasteiger partial charge in [0.15, 0.2) is 5.52 Å². The van der Waals surface area contributed by atoms with Crippen molar-refractivity contribution in [1.82, 2.24) is 24.8 Å². The maximum atomic E-state index is 13.0. The first-order valence-electron chi connectivity index (χ1n) is 10.9. The number of hydrogen-bond donors (Lipinski definition) is 2. The minimum absolute atomic E-state index is 0.0795. The second kappa shape index (κ2) is 7.30. The minimum atomic E-state index is -0.462. The minimum Gasteiger partial charge on any atom is -0.496 e. The van der Waals surface area contributed by atoms with Crippen LogP contribution in [0.4, 0.5) is 0 Å². The van der Waals surface area contributed by atoms with E-state index in [4.69, 9.17) is 9.15 Å². The van der Waals surface area contributed by atoms with Gasteiger partial charge in [0.25, 0.3) is 5.56 Å². The third-order valence-electron chi connectivity index (χ3n) is 7.00. The van der Waals surface area contributed by atoms with E-state index in [1.165, 1.54) is 28.1 Å². The highest BCUT2D eigenvalue weighted by Crippen LogP contribution is 2.45. The summed E-state index contributed by atoms with van der Waals surface area (Å²) in [5, 5.41) is 3.63. The van der Waals surface area contributed by atoms with Crippen molar-refractivity contribution in [2.24, 2.45) is 5.92 Å². The highest BCUT2D eigenvalue weighted by molar-refractivity contribution is 5.97. The number of rotatable bonds is 4. The van der Waals surface area contributed by atoms with Crippen LogP contribution in [-0.4, -0.2) is 39.2 Å². The van der Waals surface area contributed by atoms with Crippen molar-refractivity contribution in [1.29, 1.82) is 0 Å². The Balaban J connectivity index is 1.33. The van der Waals surface area contributed by atoms with E-state index in [2.05, 4.69) is 26.3 Å². The molecule has 4 aromatic rings. The van der Waals surface area contributed by atoms with E-state index in [0.717, 1.165) is 25.1 Å². The fraction of sp³-hybridized carbons (Fsp3) is 0.391. The van der Waals surface area contributed by atoms with Gasteiger partial charge >= 0.3 is 5.69 Å². The number of fused-ring (bicyclic) bond motifs is 6. The molecule has 0 spiro atoms. The fourth-order valence-corrected chi connectivity index (χ4v) is 5.56. The van der Waals surface area contributed by atoms with Gasteiger partial charge in [0.2, 0.25) is 11.3 Å². The predicted molar refractivity (Wildman–Crippen MR) is 118 cm³/mol. The van der Waals surface area contributed by atoms with Crippen LogP contribution < -0.4 is 21.3 Å². The van der Waals surface area contributed by atoms with E-state index >= 15 is 0 Å². The van der Waals surface area contributed by atoms with Gasteiger partial charge in [-0.3, -0.25) is 9.36 Å². The molecule has 0 bridgehead atoms. The molecule has 1 unspecified atom stereocenters. The molecule has 164 valence electrons. The molecule has 2 N–H and O–H groups in total. The molecule has 1 aliphatic carbocycles. The van der Waals surface area contributed by atoms with Crippen LogP contribution in [0.15, 0.2) is 44.6 Å². The number of ether oxygens (including phenoxy) is 1. The molecule has 0 amide bonds. The SMILES string of the molecule is COc1cccc2c1CC[C@H]1CNC(CCn3c(=O)[nH]c4c(oc5nccnc54)c3=O)[C@@H]21. The Labute approximate surface area is 182 Å². The average molecular weight is 433 g/mol. The maximum absolute atomic E-state index is 13.0. The van der Waals surface area contributed by atoms with Crippen LogP contribution in [0.25, 0.3) is 22.3 Å². The van der Waals surface area contributed by atoms with E-state index in [1.54, 1.807) is 7.11 Å². The molecule has 3 aromatic heterocycles. The fourth-order valence-electron chi connectivity index (χ4n) is 5.56. The van der Waals surface area contributed by atoms with Crippen molar-refractivity contribution in [2.45, 2.75) is 37.8 Å². The van der Waals surface area contributed by atoms with Gasteiger partial charge in [0, 0.05) is 30.9 Å². The number of H-pyrrole nitrogens is 1. The summed E-state index contributed by atoms with van der Waals surface area (Å²) in [5.41, 5.74) is 2.69. The molecule has 3 atom stereocenters. The quantitative estimate of drug-likeness (QED) is 0.505. The molecular formula is C23H23N5O4. The van der Waals surface area contributed by atoms with Crippen LogP contribution >= 0.6 is 0 Å². The van der Waals surface area contributed by atoms with Gasteiger partial charge in [-0.05, 0) is 48.9 Å². The standard InChI is InChI=1S/C23H23N5O4/c1-31-16-4-2-3-14-13(16)6-5-12-11-26-15(17(12)14)7-10-28-22(29)20-18(27-23(28)30)19-21(32-20)25-9-8-24-19/h2-4,8-9,12,15,17,26H,5-7,10-11H2,1H3,(H,27,30)/t12-,15?,17+/m0/s1. The summed E-state index contributed by atoms with van der Waals surface area (Å²) in [6.07, 6.45) is 5.76. The highest BCUT2D eigenvalue weighted by Gasteiger charge is 2.40. The number of furan rings is 1. The lowest BCUT2D eigenvalue weighted by Gasteiger charge is -2.32.